The summed E-state index contributed by atoms with van der Waals surface area (Å²) in [6.07, 6.45) is 4.21. The van der Waals surface area contributed by atoms with Crippen LogP contribution >= 0.6 is 11.6 Å². The van der Waals surface area contributed by atoms with Crippen LogP contribution in [0.3, 0.4) is 0 Å². The number of ether oxygens (including phenoxy) is 2. The topological polar surface area (TPSA) is 30.5 Å². The first kappa shape index (κ1) is 14.3. The lowest BCUT2D eigenvalue weighted by atomic mass is 9.89. The summed E-state index contributed by atoms with van der Waals surface area (Å²) in [5, 5.41) is 4.49. The first-order chi connectivity index (χ1) is 9.67. The van der Waals surface area contributed by atoms with Gasteiger partial charge in [0.25, 0.3) is 0 Å². The highest BCUT2D eigenvalue weighted by Gasteiger charge is 2.40. The summed E-state index contributed by atoms with van der Waals surface area (Å²) in [6.45, 7) is 3.70. The number of hydrogen-bond acceptors (Lipinski definition) is 3. The number of rotatable bonds is 3. The van der Waals surface area contributed by atoms with Crippen molar-refractivity contribution in [1.29, 1.82) is 0 Å². The molecule has 3 nitrogen and oxygen atoms in total. The van der Waals surface area contributed by atoms with Gasteiger partial charge in [-0.1, -0.05) is 23.7 Å². The molecule has 1 aromatic rings. The van der Waals surface area contributed by atoms with Crippen LogP contribution in [0.1, 0.15) is 44.2 Å². The van der Waals surface area contributed by atoms with Crippen molar-refractivity contribution in [3.05, 3.63) is 34.9 Å². The summed E-state index contributed by atoms with van der Waals surface area (Å²) >= 11 is 5.93. The molecular formula is C16H22ClNO2. The highest BCUT2D eigenvalue weighted by molar-refractivity contribution is 6.30. The minimum Gasteiger partial charge on any atom is -0.348 e. The van der Waals surface area contributed by atoms with Crippen LogP contribution in [0.4, 0.5) is 0 Å². The monoisotopic (exact) mass is 295 g/mol. The Balaban J connectivity index is 1.52. The molecule has 1 aliphatic heterocycles. The molecule has 1 aliphatic carbocycles. The van der Waals surface area contributed by atoms with Gasteiger partial charge in [0, 0.05) is 29.9 Å². The van der Waals surface area contributed by atoms with E-state index < -0.39 is 0 Å². The van der Waals surface area contributed by atoms with Gasteiger partial charge in [0.1, 0.15) is 0 Å². The van der Waals surface area contributed by atoms with Crippen molar-refractivity contribution in [2.24, 2.45) is 0 Å². The minimum absolute atomic E-state index is 0.262. The third-order valence-corrected chi connectivity index (χ3v) is 4.67. The maximum absolute atomic E-state index is 5.93. The van der Waals surface area contributed by atoms with Gasteiger partial charge < -0.3 is 14.8 Å². The van der Waals surface area contributed by atoms with E-state index in [0.717, 1.165) is 43.9 Å². The molecule has 20 heavy (non-hydrogen) atoms. The van der Waals surface area contributed by atoms with Crippen molar-refractivity contribution in [3.63, 3.8) is 0 Å². The number of benzene rings is 1. The van der Waals surface area contributed by atoms with Gasteiger partial charge in [-0.05, 0) is 37.5 Å². The zero-order valence-corrected chi connectivity index (χ0v) is 12.7. The second-order valence-electron chi connectivity index (χ2n) is 5.82. The molecule has 0 bridgehead atoms. The van der Waals surface area contributed by atoms with Crippen LogP contribution in [0.2, 0.25) is 5.02 Å². The van der Waals surface area contributed by atoms with Gasteiger partial charge in [0.15, 0.2) is 5.79 Å². The standard InChI is InChI=1S/C16H22ClNO2/c1-12(13-2-4-14(17)5-3-13)18-15-6-8-16(9-7-15)19-10-11-20-16/h2-5,12,15,18H,6-11H2,1H3/t12-/m1/s1. The summed E-state index contributed by atoms with van der Waals surface area (Å²) < 4.78 is 11.5. The SMILES string of the molecule is C[C@@H](NC1CCC2(CC1)OCCO2)c1ccc(Cl)cc1. The molecule has 3 rings (SSSR count). The molecule has 0 aromatic heterocycles. The molecule has 0 unspecified atom stereocenters. The van der Waals surface area contributed by atoms with Crippen LogP contribution < -0.4 is 5.32 Å². The summed E-state index contributed by atoms with van der Waals surface area (Å²) in [7, 11) is 0. The molecule has 1 saturated heterocycles. The van der Waals surface area contributed by atoms with Crippen LogP contribution in [0.25, 0.3) is 0 Å². The lowest BCUT2D eigenvalue weighted by molar-refractivity contribution is -0.179. The molecule has 0 radical (unpaired) electrons. The average Bonchev–Trinajstić information content (AvgIpc) is 2.91. The van der Waals surface area contributed by atoms with E-state index in [2.05, 4.69) is 24.4 Å². The Kier molecular flexibility index (Phi) is 4.32. The molecule has 110 valence electrons. The molecule has 1 saturated carbocycles. The van der Waals surface area contributed by atoms with Crippen molar-refractivity contribution in [2.45, 2.75) is 50.5 Å². The highest BCUT2D eigenvalue weighted by Crippen LogP contribution is 2.36. The maximum atomic E-state index is 5.93. The van der Waals surface area contributed by atoms with Gasteiger partial charge in [-0.2, -0.15) is 0 Å². The largest absolute Gasteiger partial charge is 0.348 e. The lowest BCUT2D eigenvalue weighted by Gasteiger charge is -2.36. The van der Waals surface area contributed by atoms with Gasteiger partial charge in [-0.3, -0.25) is 0 Å². The van der Waals surface area contributed by atoms with Crippen molar-refractivity contribution < 1.29 is 9.47 Å². The van der Waals surface area contributed by atoms with Crippen molar-refractivity contribution in [1.82, 2.24) is 5.32 Å². The number of halogens is 1. The summed E-state index contributed by atoms with van der Waals surface area (Å²) in [5.74, 6) is -0.262. The van der Waals surface area contributed by atoms with Gasteiger partial charge >= 0.3 is 0 Å². The zero-order valence-electron chi connectivity index (χ0n) is 11.9. The van der Waals surface area contributed by atoms with Crippen molar-refractivity contribution in [2.75, 3.05) is 13.2 Å². The van der Waals surface area contributed by atoms with E-state index in [4.69, 9.17) is 21.1 Å². The third kappa shape index (κ3) is 3.17. The van der Waals surface area contributed by atoms with Crippen molar-refractivity contribution in [3.8, 4) is 0 Å². The van der Waals surface area contributed by atoms with Crippen LogP contribution in [0.15, 0.2) is 24.3 Å². The van der Waals surface area contributed by atoms with Gasteiger partial charge in [0.2, 0.25) is 0 Å². The Bertz CT molecular complexity index is 432. The fraction of sp³-hybridized carbons (Fsp3) is 0.625. The Morgan fingerprint density at radius 3 is 2.35 bits per heavy atom. The van der Waals surface area contributed by atoms with Crippen molar-refractivity contribution >= 4 is 11.6 Å². The molecule has 1 heterocycles. The Morgan fingerprint density at radius 2 is 1.75 bits per heavy atom. The van der Waals surface area contributed by atoms with E-state index in [0.29, 0.717) is 12.1 Å². The van der Waals surface area contributed by atoms with E-state index in [1.807, 2.05) is 12.1 Å². The average molecular weight is 296 g/mol. The maximum Gasteiger partial charge on any atom is 0.168 e. The zero-order chi connectivity index (χ0) is 14.0. The van der Waals surface area contributed by atoms with Crippen LogP contribution in [0, 0.1) is 0 Å². The second kappa shape index (κ2) is 6.02. The predicted molar refractivity (Wildman–Crippen MR) is 79.9 cm³/mol. The third-order valence-electron chi connectivity index (χ3n) is 4.42. The quantitative estimate of drug-likeness (QED) is 0.923. The molecule has 1 spiro atoms. The minimum atomic E-state index is -0.262. The number of hydrogen-bond donors (Lipinski definition) is 1. The first-order valence-electron chi connectivity index (χ1n) is 7.46. The van der Waals surface area contributed by atoms with E-state index >= 15 is 0 Å². The summed E-state index contributed by atoms with van der Waals surface area (Å²) in [4.78, 5) is 0. The molecule has 4 heteroatoms. The Labute approximate surface area is 125 Å². The van der Waals surface area contributed by atoms with Gasteiger partial charge in [-0.25, -0.2) is 0 Å². The van der Waals surface area contributed by atoms with E-state index in [9.17, 15) is 0 Å². The van der Waals surface area contributed by atoms with E-state index in [1.165, 1.54) is 5.56 Å². The first-order valence-corrected chi connectivity index (χ1v) is 7.84. The number of nitrogens with one attached hydrogen (secondary N) is 1. The molecule has 2 fully saturated rings. The lowest BCUT2D eigenvalue weighted by Crippen LogP contribution is -2.42. The summed E-state index contributed by atoms with van der Waals surface area (Å²) in [5.41, 5.74) is 1.28. The molecule has 2 aliphatic rings. The molecule has 1 atom stereocenters. The van der Waals surface area contributed by atoms with Gasteiger partial charge in [0.05, 0.1) is 13.2 Å². The van der Waals surface area contributed by atoms with Crippen LogP contribution in [-0.2, 0) is 9.47 Å². The normalized spacial score (nSPS) is 24.1. The Hall–Kier alpha value is -0.610. The van der Waals surface area contributed by atoms with E-state index in [-0.39, 0.29) is 5.79 Å². The predicted octanol–water partition coefficient (Wildman–Crippen LogP) is 3.68. The Morgan fingerprint density at radius 1 is 1.15 bits per heavy atom. The second-order valence-corrected chi connectivity index (χ2v) is 6.26. The van der Waals surface area contributed by atoms with Gasteiger partial charge in [-0.15, -0.1) is 0 Å². The fourth-order valence-electron chi connectivity index (χ4n) is 3.21. The van der Waals surface area contributed by atoms with Crippen LogP contribution in [-0.4, -0.2) is 25.0 Å². The fourth-order valence-corrected chi connectivity index (χ4v) is 3.34. The highest BCUT2D eigenvalue weighted by atomic mass is 35.5. The van der Waals surface area contributed by atoms with Crippen LogP contribution in [0.5, 0.6) is 0 Å². The molecule has 1 N–H and O–H groups in total. The smallest absolute Gasteiger partial charge is 0.168 e. The van der Waals surface area contributed by atoms with E-state index in [1.54, 1.807) is 0 Å². The molecular weight excluding hydrogens is 274 g/mol. The molecule has 0 amide bonds. The molecule has 1 aromatic carbocycles. The summed E-state index contributed by atoms with van der Waals surface area (Å²) in [6, 6.07) is 8.97.